The highest BCUT2D eigenvalue weighted by molar-refractivity contribution is 6.06. The van der Waals surface area contributed by atoms with Gasteiger partial charge in [-0.2, -0.15) is 0 Å². The smallest absolute Gasteiger partial charge is 0.326 e. The first-order valence-corrected chi connectivity index (χ1v) is 8.43. The Morgan fingerprint density at radius 1 is 1.28 bits per heavy atom. The van der Waals surface area contributed by atoms with Crippen LogP contribution in [0.4, 0.5) is 5.69 Å². The predicted octanol–water partition coefficient (Wildman–Crippen LogP) is 2.98. The lowest BCUT2D eigenvalue weighted by molar-refractivity contribution is -0.144. The van der Waals surface area contributed by atoms with Crippen molar-refractivity contribution in [3.8, 4) is 5.75 Å². The van der Waals surface area contributed by atoms with Crippen molar-refractivity contribution in [2.24, 2.45) is 5.92 Å². The summed E-state index contributed by atoms with van der Waals surface area (Å²) in [4.78, 5) is 37.8. The van der Waals surface area contributed by atoms with E-state index < -0.39 is 11.6 Å². The summed E-state index contributed by atoms with van der Waals surface area (Å²) in [6.45, 7) is 8.93. The molecule has 6 heteroatoms. The van der Waals surface area contributed by atoms with Crippen molar-refractivity contribution >= 4 is 23.3 Å². The van der Waals surface area contributed by atoms with E-state index in [4.69, 9.17) is 9.47 Å². The van der Waals surface area contributed by atoms with Crippen molar-refractivity contribution in [2.75, 3.05) is 18.1 Å². The number of benzene rings is 1. The van der Waals surface area contributed by atoms with Crippen molar-refractivity contribution in [1.82, 2.24) is 0 Å². The lowest BCUT2D eigenvalue weighted by Gasteiger charge is -2.38. The number of fused-ring (bicyclic) bond motifs is 1. The van der Waals surface area contributed by atoms with E-state index in [0.29, 0.717) is 29.5 Å². The Labute approximate surface area is 148 Å². The molecule has 136 valence electrons. The molecule has 0 atom stereocenters. The summed E-state index contributed by atoms with van der Waals surface area (Å²) in [6.07, 6.45) is 0.763. The number of Topliss-reactive ketones (excluding diaryl/α,β-unsaturated/α-hetero) is 1. The second kappa shape index (κ2) is 7.25. The molecule has 1 aromatic carbocycles. The number of hydrogen-bond donors (Lipinski definition) is 0. The Kier molecular flexibility index (Phi) is 5.50. The minimum absolute atomic E-state index is 0.125. The van der Waals surface area contributed by atoms with Gasteiger partial charge in [-0.3, -0.25) is 19.3 Å². The third-order valence-corrected chi connectivity index (χ3v) is 4.03. The highest BCUT2D eigenvalue weighted by Gasteiger charge is 2.42. The first-order chi connectivity index (χ1) is 11.6. The van der Waals surface area contributed by atoms with Gasteiger partial charge in [0, 0.05) is 5.56 Å². The van der Waals surface area contributed by atoms with Crippen LogP contribution < -0.4 is 9.64 Å². The van der Waals surface area contributed by atoms with Crippen LogP contribution in [0.3, 0.4) is 0 Å². The van der Waals surface area contributed by atoms with E-state index in [9.17, 15) is 14.4 Å². The fourth-order valence-corrected chi connectivity index (χ4v) is 2.53. The molecule has 1 aromatic rings. The summed E-state index contributed by atoms with van der Waals surface area (Å²) in [7, 11) is 0. The maximum absolute atomic E-state index is 12.7. The van der Waals surface area contributed by atoms with Crippen LogP contribution in [0.5, 0.6) is 5.75 Å². The molecule has 0 bridgehead atoms. The number of nitrogens with zero attached hydrogens (tertiary/aromatic N) is 1. The van der Waals surface area contributed by atoms with Crippen molar-refractivity contribution in [3.05, 3.63) is 23.8 Å². The molecule has 0 saturated carbocycles. The van der Waals surface area contributed by atoms with Crippen molar-refractivity contribution in [2.45, 2.75) is 46.6 Å². The maximum atomic E-state index is 12.7. The van der Waals surface area contributed by atoms with E-state index in [1.54, 1.807) is 32.0 Å². The van der Waals surface area contributed by atoms with Gasteiger partial charge in [-0.15, -0.1) is 0 Å². The average molecular weight is 347 g/mol. The van der Waals surface area contributed by atoms with Crippen molar-refractivity contribution in [3.63, 3.8) is 0 Å². The predicted molar refractivity (Wildman–Crippen MR) is 93.9 cm³/mol. The van der Waals surface area contributed by atoms with Gasteiger partial charge in [0.25, 0.3) is 5.91 Å². The molecule has 0 spiro atoms. The van der Waals surface area contributed by atoms with Crippen LogP contribution in [0, 0.1) is 5.92 Å². The molecule has 0 aliphatic carbocycles. The molecule has 0 unspecified atom stereocenters. The van der Waals surface area contributed by atoms with Gasteiger partial charge in [-0.1, -0.05) is 13.8 Å². The zero-order valence-electron chi connectivity index (χ0n) is 15.4. The van der Waals surface area contributed by atoms with Gasteiger partial charge >= 0.3 is 5.97 Å². The zero-order valence-corrected chi connectivity index (χ0v) is 15.4. The molecule has 0 radical (unpaired) electrons. The number of amides is 1. The van der Waals surface area contributed by atoms with Gasteiger partial charge in [0.2, 0.25) is 0 Å². The molecular weight excluding hydrogens is 322 g/mol. The number of ether oxygens (including phenoxy) is 2. The Hall–Kier alpha value is -2.37. The monoisotopic (exact) mass is 347 g/mol. The summed E-state index contributed by atoms with van der Waals surface area (Å²) >= 11 is 0. The number of carbonyl (C=O) groups is 3. The van der Waals surface area contributed by atoms with Gasteiger partial charge in [-0.25, -0.2) is 0 Å². The molecule has 0 fully saturated rings. The SMILES string of the molecule is CC(=O)c1ccc2c(c1)N(CC(=O)OCCC(C)C)C(=O)C(C)(C)O2. The summed E-state index contributed by atoms with van der Waals surface area (Å²) in [5.41, 5.74) is -0.228. The highest BCUT2D eigenvalue weighted by Crippen LogP contribution is 2.38. The van der Waals surface area contributed by atoms with Crippen LogP contribution in [0.25, 0.3) is 0 Å². The Bertz CT molecular complexity index is 693. The van der Waals surface area contributed by atoms with E-state index in [2.05, 4.69) is 0 Å². The second-order valence-corrected chi connectivity index (χ2v) is 7.15. The summed E-state index contributed by atoms with van der Waals surface area (Å²) in [5.74, 6) is -0.0629. The summed E-state index contributed by atoms with van der Waals surface area (Å²) in [5, 5.41) is 0. The molecule has 0 aromatic heterocycles. The molecule has 1 aliphatic heterocycles. The molecule has 25 heavy (non-hydrogen) atoms. The molecule has 2 rings (SSSR count). The molecule has 1 amide bonds. The largest absolute Gasteiger partial charge is 0.476 e. The summed E-state index contributed by atoms with van der Waals surface area (Å²) in [6, 6.07) is 4.87. The number of anilines is 1. The lowest BCUT2D eigenvalue weighted by atomic mass is 10.0. The summed E-state index contributed by atoms with van der Waals surface area (Å²) < 4.78 is 11.0. The van der Waals surface area contributed by atoms with E-state index >= 15 is 0 Å². The van der Waals surface area contributed by atoms with Gasteiger partial charge in [-0.05, 0) is 51.3 Å². The number of carbonyl (C=O) groups excluding carboxylic acids is 3. The molecule has 0 N–H and O–H groups in total. The van der Waals surface area contributed by atoms with Gasteiger partial charge < -0.3 is 9.47 Å². The molecule has 1 heterocycles. The standard InChI is InChI=1S/C19H25NO5/c1-12(2)8-9-24-17(22)11-20-15-10-14(13(3)21)6-7-16(15)25-19(4,5)18(20)23/h6-7,10,12H,8-9,11H2,1-5H3. The number of rotatable bonds is 6. The van der Waals surface area contributed by atoms with Crippen molar-refractivity contribution in [1.29, 1.82) is 0 Å². The minimum Gasteiger partial charge on any atom is -0.476 e. The fourth-order valence-electron chi connectivity index (χ4n) is 2.53. The van der Waals surface area contributed by atoms with Gasteiger partial charge in [0.15, 0.2) is 11.4 Å². The normalized spacial score (nSPS) is 15.6. The Balaban J connectivity index is 2.26. The van der Waals surface area contributed by atoms with Gasteiger partial charge in [0.05, 0.1) is 12.3 Å². The topological polar surface area (TPSA) is 72.9 Å². The van der Waals surface area contributed by atoms with Crippen LogP contribution in [0.2, 0.25) is 0 Å². The zero-order chi connectivity index (χ0) is 18.8. The van der Waals surface area contributed by atoms with E-state index in [0.717, 1.165) is 6.42 Å². The van der Waals surface area contributed by atoms with Crippen LogP contribution in [-0.2, 0) is 14.3 Å². The van der Waals surface area contributed by atoms with Crippen LogP contribution >= 0.6 is 0 Å². The number of hydrogen-bond acceptors (Lipinski definition) is 5. The minimum atomic E-state index is -1.09. The fraction of sp³-hybridized carbons (Fsp3) is 0.526. The lowest BCUT2D eigenvalue weighted by Crippen LogP contribution is -2.54. The first-order valence-electron chi connectivity index (χ1n) is 8.43. The average Bonchev–Trinajstić information content (AvgIpc) is 2.50. The highest BCUT2D eigenvalue weighted by atomic mass is 16.5. The van der Waals surface area contributed by atoms with E-state index in [-0.39, 0.29) is 18.2 Å². The molecule has 6 nitrogen and oxygen atoms in total. The van der Waals surface area contributed by atoms with Crippen LogP contribution in [0.15, 0.2) is 18.2 Å². The van der Waals surface area contributed by atoms with Crippen LogP contribution in [-0.4, -0.2) is 36.4 Å². The molecular formula is C19H25NO5. The Morgan fingerprint density at radius 2 is 1.96 bits per heavy atom. The van der Waals surface area contributed by atoms with Crippen LogP contribution in [0.1, 0.15) is 51.4 Å². The second-order valence-electron chi connectivity index (χ2n) is 7.15. The maximum Gasteiger partial charge on any atom is 0.326 e. The number of esters is 1. The van der Waals surface area contributed by atoms with E-state index in [1.165, 1.54) is 11.8 Å². The third kappa shape index (κ3) is 4.38. The third-order valence-electron chi connectivity index (χ3n) is 4.03. The van der Waals surface area contributed by atoms with Gasteiger partial charge in [0.1, 0.15) is 12.3 Å². The van der Waals surface area contributed by atoms with Crippen molar-refractivity contribution < 1.29 is 23.9 Å². The Morgan fingerprint density at radius 3 is 2.56 bits per heavy atom. The molecule has 1 aliphatic rings. The van der Waals surface area contributed by atoms with E-state index in [1.807, 2.05) is 13.8 Å². The number of ketones is 1. The first kappa shape index (κ1) is 19.0. The molecule has 0 saturated heterocycles. The quantitative estimate of drug-likeness (QED) is 0.584.